The normalized spacial score (nSPS) is 23.4. The monoisotopic (exact) mass is 200 g/mol. The minimum atomic E-state index is 0.120. The fourth-order valence-corrected chi connectivity index (χ4v) is 1.54. The van der Waals surface area contributed by atoms with E-state index in [9.17, 15) is 4.79 Å². The van der Waals surface area contributed by atoms with Crippen LogP contribution in [-0.4, -0.2) is 50.2 Å². The number of rotatable bonds is 4. The van der Waals surface area contributed by atoms with E-state index in [1.165, 1.54) is 0 Å². The van der Waals surface area contributed by atoms with Gasteiger partial charge in [0.25, 0.3) is 0 Å². The number of carbonyl (C=O) groups is 1. The topological polar surface area (TPSA) is 41.6 Å². The molecule has 0 saturated carbocycles. The van der Waals surface area contributed by atoms with Crippen molar-refractivity contribution in [1.29, 1.82) is 0 Å². The molecule has 0 aromatic rings. The maximum Gasteiger partial charge on any atom is 0.219 e. The first-order valence-corrected chi connectivity index (χ1v) is 5.29. The number of morpholine rings is 1. The van der Waals surface area contributed by atoms with Crippen LogP contribution in [-0.2, 0) is 9.53 Å². The van der Waals surface area contributed by atoms with Gasteiger partial charge in [0.1, 0.15) is 0 Å². The van der Waals surface area contributed by atoms with Gasteiger partial charge in [-0.25, -0.2) is 0 Å². The van der Waals surface area contributed by atoms with Gasteiger partial charge in [0.15, 0.2) is 0 Å². The molecule has 1 rings (SSSR count). The maximum atomic E-state index is 11.0. The van der Waals surface area contributed by atoms with E-state index >= 15 is 0 Å². The highest BCUT2D eigenvalue weighted by Gasteiger charge is 2.16. The van der Waals surface area contributed by atoms with Crippen molar-refractivity contribution in [3.63, 3.8) is 0 Å². The summed E-state index contributed by atoms with van der Waals surface area (Å²) >= 11 is 0. The Morgan fingerprint density at radius 2 is 2.43 bits per heavy atom. The van der Waals surface area contributed by atoms with Crippen molar-refractivity contribution in [2.75, 3.05) is 33.3 Å². The van der Waals surface area contributed by atoms with Crippen molar-refractivity contribution in [2.24, 2.45) is 0 Å². The van der Waals surface area contributed by atoms with Gasteiger partial charge in [0, 0.05) is 26.1 Å². The van der Waals surface area contributed by atoms with E-state index < -0.39 is 0 Å². The third kappa shape index (κ3) is 4.07. The van der Waals surface area contributed by atoms with Gasteiger partial charge >= 0.3 is 0 Å². The number of amides is 1. The Labute approximate surface area is 85.6 Å². The Hall–Kier alpha value is -0.610. The molecule has 1 N–H and O–H groups in total. The van der Waals surface area contributed by atoms with E-state index in [-0.39, 0.29) is 12.0 Å². The molecule has 0 radical (unpaired) electrons. The van der Waals surface area contributed by atoms with E-state index in [1.807, 2.05) is 6.92 Å². The summed E-state index contributed by atoms with van der Waals surface area (Å²) in [7, 11) is 2.10. The van der Waals surface area contributed by atoms with Crippen molar-refractivity contribution in [3.8, 4) is 0 Å². The highest BCUT2D eigenvalue weighted by Crippen LogP contribution is 2.05. The van der Waals surface area contributed by atoms with Crippen LogP contribution in [0.25, 0.3) is 0 Å². The van der Waals surface area contributed by atoms with Crippen LogP contribution >= 0.6 is 0 Å². The smallest absolute Gasteiger partial charge is 0.219 e. The summed E-state index contributed by atoms with van der Waals surface area (Å²) in [5, 5.41) is 2.86. The summed E-state index contributed by atoms with van der Waals surface area (Å²) in [6.07, 6.45) is 1.76. The second kappa shape index (κ2) is 5.98. The highest BCUT2D eigenvalue weighted by atomic mass is 16.5. The molecule has 1 unspecified atom stereocenters. The van der Waals surface area contributed by atoms with Crippen molar-refractivity contribution >= 4 is 5.91 Å². The first kappa shape index (κ1) is 11.5. The number of hydrogen-bond donors (Lipinski definition) is 1. The third-order valence-corrected chi connectivity index (χ3v) is 2.45. The van der Waals surface area contributed by atoms with Crippen LogP contribution in [0, 0.1) is 0 Å². The van der Waals surface area contributed by atoms with Crippen LogP contribution in [0.1, 0.15) is 19.8 Å². The zero-order chi connectivity index (χ0) is 10.4. The predicted octanol–water partition coefficient (Wildman–Crippen LogP) is 0.233. The minimum Gasteiger partial charge on any atom is -0.375 e. The molecule has 1 fully saturated rings. The second-order valence-electron chi connectivity index (χ2n) is 3.75. The lowest BCUT2D eigenvalue weighted by Crippen LogP contribution is -2.41. The molecule has 1 heterocycles. The van der Waals surface area contributed by atoms with Gasteiger partial charge in [-0.1, -0.05) is 6.92 Å². The molecule has 82 valence electrons. The Morgan fingerprint density at radius 1 is 1.64 bits per heavy atom. The number of likely N-dealkylation sites (N-methyl/N-ethyl adjacent to an activating group) is 1. The lowest BCUT2D eigenvalue weighted by atomic mass is 10.2. The van der Waals surface area contributed by atoms with Gasteiger partial charge in [-0.05, 0) is 13.5 Å². The molecular weight excluding hydrogens is 180 g/mol. The van der Waals surface area contributed by atoms with Gasteiger partial charge in [-0.3, -0.25) is 4.79 Å². The Bertz CT molecular complexity index is 185. The van der Waals surface area contributed by atoms with Crippen LogP contribution in [0.5, 0.6) is 0 Å². The standard InChI is InChI=1S/C10H20N2O2/c1-3-10(13)11-5-4-9-8-12(2)6-7-14-9/h9H,3-8H2,1-2H3,(H,11,13). The average Bonchev–Trinajstić information content (AvgIpc) is 2.17. The molecule has 1 amide bonds. The summed E-state index contributed by atoms with van der Waals surface area (Å²) in [6.45, 7) is 5.38. The SMILES string of the molecule is CCC(=O)NCCC1CN(C)CCO1. The summed E-state index contributed by atoms with van der Waals surface area (Å²) in [6, 6.07) is 0. The number of nitrogens with one attached hydrogen (secondary N) is 1. The van der Waals surface area contributed by atoms with E-state index in [4.69, 9.17) is 4.74 Å². The van der Waals surface area contributed by atoms with E-state index in [0.717, 1.165) is 32.7 Å². The summed E-state index contributed by atoms with van der Waals surface area (Å²) in [5.41, 5.74) is 0. The summed E-state index contributed by atoms with van der Waals surface area (Å²) in [5.74, 6) is 0.120. The van der Waals surface area contributed by atoms with Crippen molar-refractivity contribution in [2.45, 2.75) is 25.9 Å². The molecule has 1 atom stereocenters. The van der Waals surface area contributed by atoms with Gasteiger partial charge in [0.05, 0.1) is 12.7 Å². The van der Waals surface area contributed by atoms with Crippen LogP contribution in [0.2, 0.25) is 0 Å². The maximum absolute atomic E-state index is 11.0. The fourth-order valence-electron chi connectivity index (χ4n) is 1.54. The Kier molecular flexibility index (Phi) is 4.90. The van der Waals surface area contributed by atoms with Gasteiger partial charge in [0.2, 0.25) is 5.91 Å². The lowest BCUT2D eigenvalue weighted by molar-refractivity contribution is -0.120. The van der Waals surface area contributed by atoms with Crippen molar-refractivity contribution in [1.82, 2.24) is 10.2 Å². The zero-order valence-electron chi connectivity index (χ0n) is 9.08. The van der Waals surface area contributed by atoms with Crippen molar-refractivity contribution < 1.29 is 9.53 Å². The number of carbonyl (C=O) groups excluding carboxylic acids is 1. The van der Waals surface area contributed by atoms with E-state index in [2.05, 4.69) is 17.3 Å². The van der Waals surface area contributed by atoms with Gasteiger partial charge in [-0.15, -0.1) is 0 Å². The molecule has 4 heteroatoms. The molecule has 0 bridgehead atoms. The number of nitrogens with zero attached hydrogens (tertiary/aromatic N) is 1. The van der Waals surface area contributed by atoms with Crippen LogP contribution in [0.4, 0.5) is 0 Å². The summed E-state index contributed by atoms with van der Waals surface area (Å²) in [4.78, 5) is 13.2. The third-order valence-electron chi connectivity index (χ3n) is 2.45. The summed E-state index contributed by atoms with van der Waals surface area (Å²) < 4.78 is 5.57. The molecule has 4 nitrogen and oxygen atoms in total. The van der Waals surface area contributed by atoms with Crippen molar-refractivity contribution in [3.05, 3.63) is 0 Å². The molecule has 1 aliphatic heterocycles. The molecule has 1 saturated heterocycles. The fraction of sp³-hybridized carbons (Fsp3) is 0.900. The number of hydrogen-bond acceptors (Lipinski definition) is 3. The molecule has 14 heavy (non-hydrogen) atoms. The van der Waals surface area contributed by atoms with Gasteiger partial charge in [-0.2, -0.15) is 0 Å². The number of ether oxygens (including phenoxy) is 1. The molecular formula is C10H20N2O2. The predicted molar refractivity (Wildman–Crippen MR) is 55.2 cm³/mol. The minimum absolute atomic E-state index is 0.120. The molecule has 0 aliphatic carbocycles. The largest absolute Gasteiger partial charge is 0.375 e. The van der Waals surface area contributed by atoms with Crippen LogP contribution < -0.4 is 5.32 Å². The quantitative estimate of drug-likeness (QED) is 0.706. The Morgan fingerprint density at radius 3 is 3.07 bits per heavy atom. The first-order chi connectivity index (χ1) is 6.72. The lowest BCUT2D eigenvalue weighted by Gasteiger charge is -2.30. The molecule has 1 aliphatic rings. The Balaban J connectivity index is 2.08. The van der Waals surface area contributed by atoms with E-state index in [1.54, 1.807) is 0 Å². The molecule has 0 aromatic carbocycles. The highest BCUT2D eigenvalue weighted by molar-refractivity contribution is 5.75. The molecule has 0 spiro atoms. The van der Waals surface area contributed by atoms with E-state index in [0.29, 0.717) is 6.42 Å². The zero-order valence-corrected chi connectivity index (χ0v) is 9.08. The molecule has 0 aromatic heterocycles. The second-order valence-corrected chi connectivity index (χ2v) is 3.75. The van der Waals surface area contributed by atoms with Gasteiger partial charge < -0.3 is 15.0 Å². The van der Waals surface area contributed by atoms with Crippen LogP contribution in [0.15, 0.2) is 0 Å². The average molecular weight is 200 g/mol. The first-order valence-electron chi connectivity index (χ1n) is 5.29. The van der Waals surface area contributed by atoms with Crippen LogP contribution in [0.3, 0.4) is 0 Å².